The van der Waals surface area contributed by atoms with Gasteiger partial charge in [-0.05, 0) is 49.0 Å². The van der Waals surface area contributed by atoms with Crippen molar-refractivity contribution in [2.24, 2.45) is 5.92 Å². The summed E-state index contributed by atoms with van der Waals surface area (Å²) in [5, 5.41) is 6.66. The number of aromatic nitrogens is 1. The van der Waals surface area contributed by atoms with Gasteiger partial charge in [0, 0.05) is 28.0 Å². The van der Waals surface area contributed by atoms with Crippen LogP contribution in [0.5, 0.6) is 0 Å². The van der Waals surface area contributed by atoms with Crippen LogP contribution in [0.15, 0.2) is 60.9 Å². The van der Waals surface area contributed by atoms with Crippen LogP contribution in [0.3, 0.4) is 0 Å². The molecule has 1 saturated heterocycles. The van der Waals surface area contributed by atoms with E-state index < -0.39 is 0 Å². The van der Waals surface area contributed by atoms with Crippen LogP contribution in [0.1, 0.15) is 30.7 Å². The van der Waals surface area contributed by atoms with Crippen LogP contribution >= 0.6 is 23.8 Å². The van der Waals surface area contributed by atoms with E-state index in [0.29, 0.717) is 11.0 Å². The molecule has 1 saturated carbocycles. The molecule has 1 amide bonds. The number of hydrogen-bond donors (Lipinski definition) is 1. The van der Waals surface area contributed by atoms with Crippen molar-refractivity contribution in [3.8, 4) is 0 Å². The van der Waals surface area contributed by atoms with Gasteiger partial charge in [0.05, 0.1) is 17.8 Å². The van der Waals surface area contributed by atoms with Gasteiger partial charge in [-0.15, -0.1) is 0 Å². The van der Waals surface area contributed by atoms with Gasteiger partial charge >= 0.3 is 0 Å². The summed E-state index contributed by atoms with van der Waals surface area (Å²) in [5.74, 6) is 0.299. The first-order chi connectivity index (χ1) is 14.1. The minimum atomic E-state index is -0.0978. The van der Waals surface area contributed by atoms with Gasteiger partial charge in [-0.1, -0.05) is 54.1 Å². The maximum atomic E-state index is 13.5. The zero-order valence-corrected chi connectivity index (χ0v) is 17.3. The first-order valence-electron chi connectivity index (χ1n) is 9.85. The van der Waals surface area contributed by atoms with Crippen LogP contribution in [0, 0.1) is 5.92 Å². The van der Waals surface area contributed by atoms with E-state index in [2.05, 4.69) is 16.4 Å². The lowest BCUT2D eigenvalue weighted by molar-refractivity contribution is -0.123. The zero-order chi connectivity index (χ0) is 20.0. The monoisotopic (exact) mass is 421 g/mol. The van der Waals surface area contributed by atoms with E-state index in [-0.39, 0.29) is 17.9 Å². The third-order valence-corrected chi connectivity index (χ3v) is 6.78. The quantitative estimate of drug-likeness (QED) is 0.587. The first-order valence-corrected chi connectivity index (χ1v) is 10.6. The number of nitrogens with one attached hydrogen (secondary N) is 1. The molecule has 2 heterocycles. The first kappa shape index (κ1) is 18.5. The minimum Gasteiger partial charge on any atom is -0.358 e. The van der Waals surface area contributed by atoms with E-state index in [0.717, 1.165) is 46.3 Å². The summed E-state index contributed by atoms with van der Waals surface area (Å²) in [4.78, 5) is 19.4. The molecule has 29 heavy (non-hydrogen) atoms. The van der Waals surface area contributed by atoms with Crippen molar-refractivity contribution in [1.82, 2.24) is 10.3 Å². The maximum absolute atomic E-state index is 13.5. The topological polar surface area (TPSA) is 45.2 Å². The van der Waals surface area contributed by atoms with Gasteiger partial charge in [0.25, 0.3) is 0 Å². The fourth-order valence-electron chi connectivity index (χ4n) is 4.71. The average molecular weight is 422 g/mol. The summed E-state index contributed by atoms with van der Waals surface area (Å²) in [6.07, 6.45) is 6.13. The van der Waals surface area contributed by atoms with Gasteiger partial charge in [-0.3, -0.25) is 14.7 Å². The van der Waals surface area contributed by atoms with Crippen molar-refractivity contribution in [1.29, 1.82) is 0 Å². The molecule has 1 aromatic heterocycles. The molecular formula is C23H20ClN3OS. The predicted molar refractivity (Wildman–Crippen MR) is 120 cm³/mol. The lowest BCUT2D eigenvalue weighted by atomic mass is 9.74. The van der Waals surface area contributed by atoms with E-state index in [1.54, 1.807) is 17.3 Å². The third-order valence-electron chi connectivity index (χ3n) is 6.13. The Bertz CT molecular complexity index is 1110. The molecule has 2 aliphatic rings. The molecule has 1 aliphatic heterocycles. The highest BCUT2D eigenvalue weighted by atomic mass is 35.5. The number of pyridine rings is 1. The molecule has 6 heteroatoms. The van der Waals surface area contributed by atoms with Crippen molar-refractivity contribution in [3.63, 3.8) is 0 Å². The smallest absolute Gasteiger partial charge is 0.238 e. The lowest BCUT2D eigenvalue weighted by Gasteiger charge is -2.44. The number of hydrogen-bond acceptors (Lipinski definition) is 3. The molecular weight excluding hydrogens is 402 g/mol. The Morgan fingerprint density at radius 2 is 1.86 bits per heavy atom. The average Bonchev–Trinajstić information content (AvgIpc) is 2.74. The standard InChI is InChI=1S/C23H20ClN3OS/c24-19-8-4-3-6-16(19)14-9-10-18-20(11-14)26-23(29)27(22(18)28)21-13-25-12-15-5-1-2-7-17(15)21/h1-8,12-14,18,20H,9-11H2,(H,26,29). The van der Waals surface area contributed by atoms with Crippen molar-refractivity contribution in [2.45, 2.75) is 31.2 Å². The van der Waals surface area contributed by atoms with Gasteiger partial charge in [0.1, 0.15) is 0 Å². The number of benzene rings is 2. The van der Waals surface area contributed by atoms with Crippen LogP contribution in [0.25, 0.3) is 10.8 Å². The molecule has 1 aliphatic carbocycles. The highest BCUT2D eigenvalue weighted by molar-refractivity contribution is 7.80. The SMILES string of the molecule is O=C1C2CCC(c3ccccc3Cl)CC2NC(=S)N1c1cncc2ccccc12. The van der Waals surface area contributed by atoms with Gasteiger partial charge < -0.3 is 5.32 Å². The third kappa shape index (κ3) is 3.18. The zero-order valence-electron chi connectivity index (χ0n) is 15.7. The van der Waals surface area contributed by atoms with Gasteiger partial charge in [-0.25, -0.2) is 0 Å². The summed E-state index contributed by atoms with van der Waals surface area (Å²) >= 11 is 12.1. The van der Waals surface area contributed by atoms with Gasteiger partial charge in [-0.2, -0.15) is 0 Å². The molecule has 5 rings (SSSR count). The second kappa shape index (κ2) is 7.39. The molecule has 4 nitrogen and oxygen atoms in total. The number of halogens is 1. The Morgan fingerprint density at radius 1 is 1.07 bits per heavy atom. The van der Waals surface area contributed by atoms with Crippen molar-refractivity contribution in [2.75, 3.05) is 4.90 Å². The van der Waals surface area contributed by atoms with Crippen LogP contribution < -0.4 is 10.2 Å². The number of anilines is 1. The molecule has 2 aromatic carbocycles. The van der Waals surface area contributed by atoms with E-state index >= 15 is 0 Å². The van der Waals surface area contributed by atoms with Crippen LogP contribution in [-0.4, -0.2) is 22.0 Å². The summed E-state index contributed by atoms with van der Waals surface area (Å²) < 4.78 is 0. The second-order valence-corrected chi connectivity index (χ2v) is 8.54. The van der Waals surface area contributed by atoms with E-state index in [9.17, 15) is 4.79 Å². The summed E-state index contributed by atoms with van der Waals surface area (Å²) in [5.41, 5.74) is 1.91. The Kier molecular flexibility index (Phi) is 4.72. The Labute approximate surface area is 179 Å². The minimum absolute atomic E-state index is 0.0317. The lowest BCUT2D eigenvalue weighted by Crippen LogP contribution is -2.61. The fourth-order valence-corrected chi connectivity index (χ4v) is 5.34. The van der Waals surface area contributed by atoms with Crippen LogP contribution in [0.4, 0.5) is 5.69 Å². The fraction of sp³-hybridized carbons (Fsp3) is 0.261. The predicted octanol–water partition coefficient (Wildman–Crippen LogP) is 5.06. The summed E-state index contributed by atoms with van der Waals surface area (Å²) in [6, 6.07) is 16.0. The second-order valence-electron chi connectivity index (χ2n) is 7.75. The van der Waals surface area contributed by atoms with Crippen LogP contribution in [0.2, 0.25) is 5.02 Å². The van der Waals surface area contributed by atoms with E-state index in [1.165, 1.54) is 0 Å². The van der Waals surface area contributed by atoms with E-state index in [1.807, 2.05) is 42.5 Å². The molecule has 3 aromatic rings. The molecule has 0 bridgehead atoms. The van der Waals surface area contributed by atoms with Crippen LogP contribution in [-0.2, 0) is 4.79 Å². The number of carbonyl (C=O) groups is 1. The largest absolute Gasteiger partial charge is 0.358 e. The highest BCUT2D eigenvalue weighted by Gasteiger charge is 2.44. The van der Waals surface area contributed by atoms with Crippen molar-refractivity contribution in [3.05, 3.63) is 71.5 Å². The molecule has 0 spiro atoms. The number of rotatable bonds is 2. The normalized spacial score (nSPS) is 24.3. The number of thiocarbonyl (C=S) groups is 1. The highest BCUT2D eigenvalue weighted by Crippen LogP contribution is 2.41. The number of fused-ring (bicyclic) bond motifs is 2. The van der Waals surface area contributed by atoms with Gasteiger partial charge in [0.2, 0.25) is 5.91 Å². The molecule has 3 unspecified atom stereocenters. The summed E-state index contributed by atoms with van der Waals surface area (Å²) in [6.45, 7) is 0. The molecule has 146 valence electrons. The molecule has 3 atom stereocenters. The maximum Gasteiger partial charge on any atom is 0.238 e. The van der Waals surface area contributed by atoms with E-state index in [4.69, 9.17) is 23.8 Å². The van der Waals surface area contributed by atoms with Gasteiger partial charge in [0.15, 0.2) is 5.11 Å². The van der Waals surface area contributed by atoms with Crippen molar-refractivity contribution < 1.29 is 4.79 Å². The molecule has 2 fully saturated rings. The number of carbonyl (C=O) groups excluding carboxylic acids is 1. The summed E-state index contributed by atoms with van der Waals surface area (Å²) in [7, 11) is 0. The Balaban J connectivity index is 1.45. The van der Waals surface area contributed by atoms with Crippen molar-refractivity contribution >= 4 is 51.3 Å². The Morgan fingerprint density at radius 3 is 2.72 bits per heavy atom. The number of amides is 1. The Hall–Kier alpha value is -2.50. The number of nitrogens with zero attached hydrogens (tertiary/aromatic N) is 2. The molecule has 1 N–H and O–H groups in total. The molecule has 0 radical (unpaired) electrons.